The number of benzene rings is 1. The number of thiazole rings is 1. The van der Waals surface area contributed by atoms with Crippen LogP contribution in [0.25, 0.3) is 10.8 Å². The Kier molecular flexibility index (Phi) is 2.94. The van der Waals surface area contributed by atoms with E-state index >= 15 is 0 Å². The van der Waals surface area contributed by atoms with Gasteiger partial charge in [-0.25, -0.2) is 9.97 Å². The average Bonchev–Trinajstić information content (AvgIpc) is 2.82. The predicted octanol–water partition coefficient (Wildman–Crippen LogP) is 3.61. The molecule has 0 aliphatic rings. The Balaban J connectivity index is 1.89. The smallest absolute Gasteiger partial charge is 0.134 e. The normalized spacial score (nSPS) is 10.7. The first kappa shape index (κ1) is 11.2. The molecule has 0 aliphatic heterocycles. The summed E-state index contributed by atoms with van der Waals surface area (Å²) in [7, 11) is 0. The van der Waals surface area contributed by atoms with Crippen molar-refractivity contribution in [3.8, 4) is 0 Å². The molecule has 0 saturated carbocycles. The quantitative estimate of drug-likeness (QED) is 0.777. The second-order valence-corrected chi connectivity index (χ2v) is 5.03. The summed E-state index contributed by atoms with van der Waals surface area (Å²) in [5.74, 6) is 0.931. The van der Waals surface area contributed by atoms with Gasteiger partial charge in [0.05, 0.1) is 17.7 Å². The van der Waals surface area contributed by atoms with Crippen LogP contribution in [0.3, 0.4) is 0 Å². The van der Waals surface area contributed by atoms with Crippen molar-refractivity contribution >= 4 is 27.9 Å². The van der Waals surface area contributed by atoms with Crippen LogP contribution in [0.15, 0.2) is 42.0 Å². The van der Waals surface area contributed by atoms with E-state index in [-0.39, 0.29) is 0 Å². The number of fused-ring (bicyclic) bond motifs is 1. The second-order valence-electron chi connectivity index (χ2n) is 4.10. The third-order valence-corrected chi connectivity index (χ3v) is 3.87. The molecule has 0 aliphatic carbocycles. The molecule has 0 unspecified atom stereocenters. The van der Waals surface area contributed by atoms with E-state index in [4.69, 9.17) is 0 Å². The highest BCUT2D eigenvalue weighted by molar-refractivity contribution is 7.09. The van der Waals surface area contributed by atoms with Crippen LogP contribution in [0, 0.1) is 6.92 Å². The van der Waals surface area contributed by atoms with E-state index in [1.165, 1.54) is 10.3 Å². The summed E-state index contributed by atoms with van der Waals surface area (Å²) in [6, 6.07) is 10.3. The van der Waals surface area contributed by atoms with Crippen LogP contribution in [-0.4, -0.2) is 9.97 Å². The van der Waals surface area contributed by atoms with Crippen molar-refractivity contribution in [2.45, 2.75) is 13.5 Å². The number of rotatable bonds is 3. The minimum atomic E-state index is 0.775. The maximum atomic E-state index is 4.41. The van der Waals surface area contributed by atoms with Crippen LogP contribution in [0.1, 0.15) is 10.6 Å². The summed E-state index contributed by atoms with van der Waals surface area (Å²) in [5, 5.41) is 5.75. The Hall–Kier alpha value is -1.94. The number of nitrogens with one attached hydrogen (secondary N) is 1. The molecule has 0 saturated heterocycles. The summed E-state index contributed by atoms with van der Waals surface area (Å²) in [5.41, 5.74) is 2.97. The lowest BCUT2D eigenvalue weighted by molar-refractivity contribution is 1.10. The number of aromatic nitrogens is 2. The fourth-order valence-corrected chi connectivity index (χ4v) is 2.64. The van der Waals surface area contributed by atoms with Gasteiger partial charge in [-0.2, -0.15) is 0 Å². The molecule has 2 aromatic heterocycles. The Morgan fingerprint density at radius 1 is 1.17 bits per heavy atom. The van der Waals surface area contributed by atoms with E-state index in [2.05, 4.69) is 27.4 Å². The maximum absolute atomic E-state index is 4.41. The summed E-state index contributed by atoms with van der Waals surface area (Å²) in [6.07, 6.45) is 1.84. The van der Waals surface area contributed by atoms with Crippen LogP contribution >= 0.6 is 11.3 Å². The molecule has 0 radical (unpaired) electrons. The number of pyridine rings is 1. The zero-order valence-electron chi connectivity index (χ0n) is 10.1. The van der Waals surface area contributed by atoms with Crippen molar-refractivity contribution in [1.82, 2.24) is 9.97 Å². The number of hydrogen-bond donors (Lipinski definition) is 1. The molecule has 0 atom stereocenters. The van der Waals surface area contributed by atoms with E-state index in [0.29, 0.717) is 0 Å². The molecule has 1 aromatic carbocycles. The first-order valence-corrected chi connectivity index (χ1v) is 6.69. The Labute approximate surface area is 110 Å². The van der Waals surface area contributed by atoms with E-state index in [1.807, 2.05) is 36.8 Å². The first-order chi connectivity index (χ1) is 8.84. The molecule has 18 heavy (non-hydrogen) atoms. The zero-order valence-corrected chi connectivity index (χ0v) is 10.9. The van der Waals surface area contributed by atoms with Crippen LogP contribution < -0.4 is 5.32 Å². The van der Waals surface area contributed by atoms with Crippen molar-refractivity contribution in [2.24, 2.45) is 0 Å². The minimum Gasteiger partial charge on any atom is -0.365 e. The molecule has 0 bridgehead atoms. The first-order valence-electron chi connectivity index (χ1n) is 5.81. The number of aryl methyl sites for hydroxylation is 1. The van der Waals surface area contributed by atoms with Crippen LogP contribution in [0.5, 0.6) is 0 Å². The molecule has 4 heteroatoms. The number of hydrogen-bond acceptors (Lipinski definition) is 4. The lowest BCUT2D eigenvalue weighted by Crippen LogP contribution is -2.01. The largest absolute Gasteiger partial charge is 0.365 e. The topological polar surface area (TPSA) is 37.8 Å². The van der Waals surface area contributed by atoms with Crippen LogP contribution in [0.4, 0.5) is 5.82 Å². The average molecular weight is 255 g/mol. The van der Waals surface area contributed by atoms with Gasteiger partial charge in [0.2, 0.25) is 0 Å². The molecule has 0 fully saturated rings. The third-order valence-electron chi connectivity index (χ3n) is 2.93. The molecular formula is C14H13N3S. The van der Waals surface area contributed by atoms with Gasteiger partial charge in [-0.15, -0.1) is 11.3 Å². The highest BCUT2D eigenvalue weighted by atomic mass is 32.1. The molecule has 3 aromatic rings. The lowest BCUT2D eigenvalue weighted by atomic mass is 10.1. The number of anilines is 1. The van der Waals surface area contributed by atoms with Gasteiger partial charge < -0.3 is 5.32 Å². The van der Waals surface area contributed by atoms with Crippen LogP contribution in [0.2, 0.25) is 0 Å². The van der Waals surface area contributed by atoms with Crippen molar-refractivity contribution in [3.05, 3.63) is 52.6 Å². The highest BCUT2D eigenvalue weighted by Crippen LogP contribution is 2.22. The van der Waals surface area contributed by atoms with Gasteiger partial charge in [0.1, 0.15) is 5.82 Å². The Morgan fingerprint density at radius 2 is 2.06 bits per heavy atom. The molecule has 3 nitrogen and oxygen atoms in total. The van der Waals surface area contributed by atoms with E-state index < -0.39 is 0 Å². The molecule has 3 rings (SSSR count). The lowest BCUT2D eigenvalue weighted by Gasteiger charge is -2.07. The molecular weight excluding hydrogens is 242 g/mol. The summed E-state index contributed by atoms with van der Waals surface area (Å²) >= 11 is 1.67. The SMILES string of the molecule is Cc1ncsc1CNc1nccc2ccccc12. The Bertz CT molecular complexity index is 670. The molecule has 0 amide bonds. The van der Waals surface area contributed by atoms with Gasteiger partial charge in [-0.1, -0.05) is 24.3 Å². The molecule has 1 N–H and O–H groups in total. The van der Waals surface area contributed by atoms with Crippen molar-refractivity contribution in [1.29, 1.82) is 0 Å². The van der Waals surface area contributed by atoms with Crippen LogP contribution in [-0.2, 0) is 6.54 Å². The second kappa shape index (κ2) is 4.74. The standard InChI is InChI=1S/C14H13N3S/c1-10-13(18-9-17-10)8-16-14-12-5-3-2-4-11(12)6-7-15-14/h2-7,9H,8H2,1H3,(H,15,16). The van der Waals surface area contributed by atoms with Gasteiger partial charge in [-0.05, 0) is 18.4 Å². The van der Waals surface area contributed by atoms with Crippen molar-refractivity contribution in [2.75, 3.05) is 5.32 Å². The fraction of sp³-hybridized carbons (Fsp3) is 0.143. The van der Waals surface area contributed by atoms with E-state index in [9.17, 15) is 0 Å². The van der Waals surface area contributed by atoms with E-state index in [1.54, 1.807) is 11.3 Å². The van der Waals surface area contributed by atoms with Gasteiger partial charge >= 0.3 is 0 Å². The summed E-state index contributed by atoms with van der Waals surface area (Å²) in [6.45, 7) is 2.81. The van der Waals surface area contributed by atoms with Gasteiger partial charge in [0.15, 0.2) is 0 Å². The predicted molar refractivity (Wildman–Crippen MR) is 75.9 cm³/mol. The Morgan fingerprint density at radius 3 is 2.89 bits per heavy atom. The monoisotopic (exact) mass is 255 g/mol. The van der Waals surface area contributed by atoms with Crippen molar-refractivity contribution in [3.63, 3.8) is 0 Å². The molecule has 90 valence electrons. The van der Waals surface area contributed by atoms with Gasteiger partial charge in [-0.3, -0.25) is 0 Å². The van der Waals surface area contributed by atoms with Crippen molar-refractivity contribution < 1.29 is 0 Å². The molecule has 0 spiro atoms. The summed E-state index contributed by atoms with van der Waals surface area (Å²) in [4.78, 5) is 9.91. The van der Waals surface area contributed by atoms with Gasteiger partial charge in [0, 0.05) is 16.5 Å². The number of nitrogens with zero attached hydrogens (tertiary/aromatic N) is 2. The van der Waals surface area contributed by atoms with E-state index in [0.717, 1.165) is 23.4 Å². The highest BCUT2D eigenvalue weighted by Gasteiger charge is 2.04. The third kappa shape index (κ3) is 2.07. The van der Waals surface area contributed by atoms with Gasteiger partial charge in [0.25, 0.3) is 0 Å². The minimum absolute atomic E-state index is 0.775. The summed E-state index contributed by atoms with van der Waals surface area (Å²) < 4.78 is 0. The maximum Gasteiger partial charge on any atom is 0.134 e. The molecule has 2 heterocycles. The fourth-order valence-electron chi connectivity index (χ4n) is 1.92. The zero-order chi connectivity index (χ0) is 12.4.